The number of halogens is 2. The van der Waals surface area contributed by atoms with E-state index in [9.17, 15) is 14.0 Å². The van der Waals surface area contributed by atoms with Gasteiger partial charge in [0.1, 0.15) is 5.82 Å². The summed E-state index contributed by atoms with van der Waals surface area (Å²) in [6.07, 6.45) is 0.823. The lowest BCUT2D eigenvalue weighted by Crippen LogP contribution is -2.47. The van der Waals surface area contributed by atoms with E-state index in [0.717, 1.165) is 24.0 Å². The van der Waals surface area contributed by atoms with E-state index >= 15 is 0 Å². The first-order valence-electron chi connectivity index (χ1n) is 6.63. The first-order valence-corrected chi connectivity index (χ1v) is 8.16. The van der Waals surface area contributed by atoms with Gasteiger partial charge < -0.3 is 15.4 Å². The summed E-state index contributed by atoms with van der Waals surface area (Å²) in [6, 6.07) is 3.69. The van der Waals surface area contributed by atoms with E-state index in [4.69, 9.17) is 16.3 Å². The lowest BCUT2D eigenvalue weighted by atomic mass is 10.0. The fourth-order valence-corrected chi connectivity index (χ4v) is 3.62. The summed E-state index contributed by atoms with van der Waals surface area (Å²) >= 11 is 7.36. The Balaban J connectivity index is 1.89. The highest BCUT2D eigenvalue weighted by Crippen LogP contribution is 2.30. The summed E-state index contributed by atoms with van der Waals surface area (Å²) in [5.41, 5.74) is -0.163. The van der Waals surface area contributed by atoms with Crippen LogP contribution in [0.4, 0.5) is 10.1 Å². The Labute approximate surface area is 136 Å². The second kappa shape index (κ2) is 7.30. The third-order valence-electron chi connectivity index (χ3n) is 3.45. The number of nitrogens with one attached hydrogen (secondary N) is 2. The summed E-state index contributed by atoms with van der Waals surface area (Å²) in [7, 11) is 1.60. The normalized spacial score (nSPS) is 20.7. The first kappa shape index (κ1) is 17.1. The molecule has 2 rings (SSSR count). The van der Waals surface area contributed by atoms with Gasteiger partial charge in [0.25, 0.3) is 0 Å². The molecule has 1 atom stereocenters. The van der Waals surface area contributed by atoms with Crippen LogP contribution in [0.25, 0.3) is 0 Å². The second-order valence-corrected chi connectivity index (χ2v) is 6.47. The van der Waals surface area contributed by atoms with Crippen molar-refractivity contribution in [2.45, 2.75) is 12.0 Å². The predicted molar refractivity (Wildman–Crippen MR) is 84.7 cm³/mol. The fraction of sp³-hybridized carbons (Fsp3) is 0.429. The summed E-state index contributed by atoms with van der Waals surface area (Å²) in [5.74, 6) is -0.457. The minimum absolute atomic E-state index is 0.125. The zero-order valence-electron chi connectivity index (χ0n) is 11.9. The maximum atomic E-state index is 13.0. The molecule has 0 spiro atoms. The number of methoxy groups -OCH3 is 1. The lowest BCUT2D eigenvalue weighted by molar-refractivity contribution is -0.136. The van der Waals surface area contributed by atoms with Crippen LogP contribution in [0.1, 0.15) is 6.42 Å². The molecule has 8 heteroatoms. The van der Waals surface area contributed by atoms with Gasteiger partial charge in [0.2, 0.25) is 0 Å². The molecule has 1 fully saturated rings. The maximum Gasteiger partial charge on any atom is 0.313 e. The fourth-order valence-electron chi connectivity index (χ4n) is 2.04. The van der Waals surface area contributed by atoms with Gasteiger partial charge >= 0.3 is 11.8 Å². The highest BCUT2D eigenvalue weighted by atomic mass is 35.5. The zero-order chi connectivity index (χ0) is 16.2. The van der Waals surface area contributed by atoms with Crippen molar-refractivity contribution >= 4 is 40.9 Å². The van der Waals surface area contributed by atoms with Crippen LogP contribution in [0.2, 0.25) is 5.02 Å². The Morgan fingerprint density at radius 1 is 1.45 bits per heavy atom. The minimum Gasteiger partial charge on any atom is -0.376 e. The van der Waals surface area contributed by atoms with E-state index in [1.807, 2.05) is 0 Å². The number of anilines is 1. The number of hydrogen-bond acceptors (Lipinski definition) is 4. The number of rotatable bonds is 4. The quantitative estimate of drug-likeness (QED) is 0.819. The molecule has 22 heavy (non-hydrogen) atoms. The summed E-state index contributed by atoms with van der Waals surface area (Å²) in [5, 5.41) is 4.81. The number of benzene rings is 1. The van der Waals surface area contributed by atoms with Gasteiger partial charge in [-0.2, -0.15) is 11.8 Å². The average Bonchev–Trinajstić information content (AvgIpc) is 2.98. The number of carbonyl (C=O) groups is 2. The molecule has 0 aromatic heterocycles. The molecule has 2 amide bonds. The molecule has 1 aromatic carbocycles. The highest BCUT2D eigenvalue weighted by Gasteiger charge is 2.35. The van der Waals surface area contributed by atoms with Gasteiger partial charge in [-0.25, -0.2) is 4.39 Å². The molecular weight excluding hydrogens is 331 g/mol. The van der Waals surface area contributed by atoms with E-state index in [-0.39, 0.29) is 17.3 Å². The van der Waals surface area contributed by atoms with Crippen LogP contribution in [-0.4, -0.2) is 42.6 Å². The van der Waals surface area contributed by atoms with Crippen molar-refractivity contribution in [3.05, 3.63) is 29.0 Å². The van der Waals surface area contributed by atoms with E-state index in [1.165, 1.54) is 12.1 Å². The van der Waals surface area contributed by atoms with Crippen molar-refractivity contribution in [3.8, 4) is 0 Å². The molecule has 1 aliphatic rings. The monoisotopic (exact) mass is 346 g/mol. The Morgan fingerprint density at radius 2 is 2.23 bits per heavy atom. The Morgan fingerprint density at radius 3 is 2.82 bits per heavy atom. The van der Waals surface area contributed by atoms with E-state index in [2.05, 4.69) is 10.6 Å². The molecule has 0 saturated carbocycles. The van der Waals surface area contributed by atoms with Crippen molar-refractivity contribution in [1.82, 2.24) is 5.32 Å². The lowest BCUT2D eigenvalue weighted by Gasteiger charge is -2.26. The van der Waals surface area contributed by atoms with Gasteiger partial charge in [0, 0.05) is 25.1 Å². The number of amides is 2. The van der Waals surface area contributed by atoms with Gasteiger partial charge in [-0.1, -0.05) is 11.6 Å². The van der Waals surface area contributed by atoms with Crippen molar-refractivity contribution in [2.75, 3.05) is 30.5 Å². The van der Waals surface area contributed by atoms with Crippen LogP contribution in [0.15, 0.2) is 18.2 Å². The van der Waals surface area contributed by atoms with E-state index in [0.29, 0.717) is 0 Å². The standard InChI is InChI=1S/C14H16ClFN2O3S/c1-21-14(4-5-22-8-14)7-17-12(19)13(20)18-9-2-3-11(16)10(15)6-9/h2-3,6H,4-5,7-8H2,1H3,(H,17,19)(H,18,20)/t14-/m1/s1. The third-order valence-corrected chi connectivity index (χ3v) is 4.97. The number of carbonyl (C=O) groups excluding carboxylic acids is 2. The molecule has 1 aromatic rings. The molecule has 2 N–H and O–H groups in total. The van der Waals surface area contributed by atoms with Crippen LogP contribution in [0.3, 0.4) is 0 Å². The molecule has 0 unspecified atom stereocenters. The number of thioether (sulfide) groups is 1. The van der Waals surface area contributed by atoms with Gasteiger partial charge in [-0.3, -0.25) is 9.59 Å². The van der Waals surface area contributed by atoms with Crippen molar-refractivity contribution in [1.29, 1.82) is 0 Å². The molecule has 5 nitrogen and oxygen atoms in total. The Bertz CT molecular complexity index is 579. The summed E-state index contributed by atoms with van der Waals surface area (Å²) in [6.45, 7) is 0.271. The molecule has 0 radical (unpaired) electrons. The van der Waals surface area contributed by atoms with Gasteiger partial charge in [0.15, 0.2) is 0 Å². The van der Waals surface area contributed by atoms with Crippen LogP contribution in [-0.2, 0) is 14.3 Å². The highest BCUT2D eigenvalue weighted by molar-refractivity contribution is 7.99. The molecule has 120 valence electrons. The zero-order valence-corrected chi connectivity index (χ0v) is 13.5. The van der Waals surface area contributed by atoms with Gasteiger partial charge in [-0.05, 0) is 30.4 Å². The second-order valence-electron chi connectivity index (χ2n) is 4.96. The van der Waals surface area contributed by atoms with Crippen molar-refractivity contribution < 1.29 is 18.7 Å². The first-order chi connectivity index (χ1) is 10.5. The molecule has 0 aliphatic carbocycles. The number of ether oxygens (including phenoxy) is 1. The van der Waals surface area contributed by atoms with Crippen molar-refractivity contribution in [2.24, 2.45) is 0 Å². The molecular formula is C14H16ClFN2O3S. The van der Waals surface area contributed by atoms with Crippen molar-refractivity contribution in [3.63, 3.8) is 0 Å². The van der Waals surface area contributed by atoms with Crippen LogP contribution in [0, 0.1) is 5.82 Å². The molecule has 1 saturated heterocycles. The van der Waals surface area contributed by atoms with E-state index < -0.39 is 23.2 Å². The van der Waals surface area contributed by atoms with Crippen LogP contribution >= 0.6 is 23.4 Å². The van der Waals surface area contributed by atoms with Crippen LogP contribution in [0.5, 0.6) is 0 Å². The number of hydrogen-bond donors (Lipinski definition) is 2. The minimum atomic E-state index is -0.834. The Hall–Kier alpha value is -1.31. The SMILES string of the molecule is CO[C@@]1(CNC(=O)C(=O)Nc2ccc(F)c(Cl)c2)CCSC1. The molecule has 0 bridgehead atoms. The Kier molecular flexibility index (Phi) is 5.66. The average molecular weight is 347 g/mol. The van der Waals surface area contributed by atoms with Crippen LogP contribution < -0.4 is 10.6 Å². The largest absolute Gasteiger partial charge is 0.376 e. The summed E-state index contributed by atoms with van der Waals surface area (Å²) < 4.78 is 18.5. The summed E-state index contributed by atoms with van der Waals surface area (Å²) in [4.78, 5) is 23.6. The van der Waals surface area contributed by atoms with Gasteiger partial charge in [0.05, 0.1) is 10.6 Å². The molecule has 1 heterocycles. The topological polar surface area (TPSA) is 67.4 Å². The third kappa shape index (κ3) is 4.12. The maximum absolute atomic E-state index is 13.0. The van der Waals surface area contributed by atoms with Gasteiger partial charge in [-0.15, -0.1) is 0 Å². The molecule has 1 aliphatic heterocycles. The smallest absolute Gasteiger partial charge is 0.313 e. The predicted octanol–water partition coefficient (Wildman–Crippen LogP) is 2.06. The van der Waals surface area contributed by atoms with E-state index in [1.54, 1.807) is 18.9 Å².